The van der Waals surface area contributed by atoms with Crippen LogP contribution < -0.4 is 10.7 Å². The van der Waals surface area contributed by atoms with E-state index in [1.54, 1.807) is 36.7 Å². The van der Waals surface area contributed by atoms with Crippen molar-refractivity contribution in [3.8, 4) is 0 Å². The Morgan fingerprint density at radius 1 is 0.897 bits per heavy atom. The van der Waals surface area contributed by atoms with Gasteiger partial charge in [0.1, 0.15) is 11.5 Å². The molecule has 0 saturated heterocycles. The molecule has 39 heavy (non-hydrogen) atoms. The molecular weight excluding hydrogens is 542 g/mol. The smallest absolute Gasteiger partial charge is 0.329 e. The quantitative estimate of drug-likeness (QED) is 0.172. The number of nitrogens with one attached hydrogen (secondary N) is 2. The molecule has 2 amide bonds. The minimum atomic E-state index is -3.89. The first kappa shape index (κ1) is 27.7. The summed E-state index contributed by atoms with van der Waals surface area (Å²) in [5.74, 6) is -1.19. The number of halogens is 1. The average Bonchev–Trinajstić information content (AvgIpc) is 3.39. The van der Waals surface area contributed by atoms with Gasteiger partial charge in [0.2, 0.25) is 10.0 Å². The first-order chi connectivity index (χ1) is 18.8. The van der Waals surface area contributed by atoms with Crippen LogP contribution in [0.25, 0.3) is 0 Å². The predicted octanol–water partition coefficient (Wildman–Crippen LogP) is 3.49. The molecule has 200 valence electrons. The molecule has 0 unspecified atom stereocenters. The van der Waals surface area contributed by atoms with E-state index >= 15 is 0 Å². The number of amides is 2. The number of hydrogen-bond donors (Lipinski definition) is 2. The summed E-state index contributed by atoms with van der Waals surface area (Å²) in [6, 6.07) is 21.7. The number of hydrogen-bond acceptors (Lipinski definition) is 7. The van der Waals surface area contributed by atoms with Crippen LogP contribution in [0.4, 0.5) is 0 Å². The topological polar surface area (TPSA) is 134 Å². The number of aromatic nitrogens is 1. The van der Waals surface area contributed by atoms with Gasteiger partial charge in [0.05, 0.1) is 17.7 Å². The fourth-order valence-corrected chi connectivity index (χ4v) is 4.98. The fourth-order valence-electron chi connectivity index (χ4n) is 3.46. The zero-order valence-corrected chi connectivity index (χ0v) is 22.1. The molecule has 2 heterocycles. The van der Waals surface area contributed by atoms with Gasteiger partial charge in [-0.25, -0.2) is 13.8 Å². The lowest BCUT2D eigenvalue weighted by atomic mass is 10.2. The number of rotatable bonds is 10. The van der Waals surface area contributed by atoms with Gasteiger partial charge in [0.15, 0.2) is 0 Å². The third-order valence-electron chi connectivity index (χ3n) is 5.43. The van der Waals surface area contributed by atoms with Crippen molar-refractivity contribution in [1.82, 2.24) is 20.0 Å². The highest BCUT2D eigenvalue weighted by atomic mass is 35.5. The second-order valence-electron chi connectivity index (χ2n) is 8.25. The van der Waals surface area contributed by atoms with Crippen molar-refractivity contribution in [2.24, 2.45) is 5.10 Å². The Morgan fingerprint density at radius 2 is 1.62 bits per heavy atom. The number of carbonyl (C=O) groups excluding carboxylic acids is 2. The number of hydrazone groups is 1. The average molecular weight is 566 g/mol. The Bertz CT molecular complexity index is 1540. The largest absolute Gasteiger partial charge is 0.459 e. The van der Waals surface area contributed by atoms with E-state index in [1.807, 2.05) is 30.3 Å². The van der Waals surface area contributed by atoms with Gasteiger partial charge in [-0.05, 0) is 59.7 Å². The van der Waals surface area contributed by atoms with Crippen LogP contribution in [0.15, 0.2) is 106 Å². The van der Waals surface area contributed by atoms with Crippen molar-refractivity contribution in [3.05, 3.63) is 119 Å². The highest BCUT2D eigenvalue weighted by molar-refractivity contribution is 7.89. The lowest BCUT2D eigenvalue weighted by Gasteiger charge is -2.21. The molecular formula is C27H24ClN5O5S. The van der Waals surface area contributed by atoms with Crippen LogP contribution in [0.1, 0.15) is 22.6 Å². The molecule has 2 N–H and O–H groups in total. The highest BCUT2D eigenvalue weighted by Crippen LogP contribution is 2.23. The molecule has 0 fully saturated rings. The monoisotopic (exact) mass is 565 g/mol. The van der Waals surface area contributed by atoms with Crippen LogP contribution in [0.5, 0.6) is 0 Å². The van der Waals surface area contributed by atoms with Crippen molar-refractivity contribution >= 4 is 39.7 Å². The maximum atomic E-state index is 13.4. The van der Waals surface area contributed by atoms with Gasteiger partial charge in [-0.1, -0.05) is 41.9 Å². The summed E-state index contributed by atoms with van der Waals surface area (Å²) in [4.78, 5) is 27.9. The van der Waals surface area contributed by atoms with E-state index < -0.39 is 21.8 Å². The number of benzene rings is 2. The molecule has 4 rings (SSSR count). The Kier molecular flexibility index (Phi) is 9.21. The van der Waals surface area contributed by atoms with Crippen LogP contribution in [0.2, 0.25) is 5.02 Å². The van der Waals surface area contributed by atoms with Crippen molar-refractivity contribution in [2.75, 3.05) is 0 Å². The molecule has 10 nitrogen and oxygen atoms in total. The summed E-state index contributed by atoms with van der Waals surface area (Å²) in [6.07, 6.45) is 4.38. The molecule has 0 aliphatic rings. The number of pyridine rings is 1. The molecule has 0 aliphatic carbocycles. The summed E-state index contributed by atoms with van der Waals surface area (Å²) in [6.45, 7) is 0.219. The normalized spacial score (nSPS) is 11.5. The second-order valence-corrected chi connectivity index (χ2v) is 10.6. The van der Waals surface area contributed by atoms with Crippen molar-refractivity contribution in [3.63, 3.8) is 0 Å². The minimum absolute atomic E-state index is 0.0581. The number of carbonyl (C=O) groups is 2. The first-order valence-corrected chi connectivity index (χ1v) is 13.5. The summed E-state index contributed by atoms with van der Waals surface area (Å²) in [5, 5.41) is 6.65. The van der Waals surface area contributed by atoms with Crippen LogP contribution in [-0.4, -0.2) is 35.7 Å². The van der Waals surface area contributed by atoms with E-state index in [4.69, 9.17) is 16.0 Å². The Balaban J connectivity index is 1.40. The molecule has 4 aromatic rings. The van der Waals surface area contributed by atoms with Crippen LogP contribution in [0.3, 0.4) is 0 Å². The molecule has 12 heteroatoms. The van der Waals surface area contributed by atoms with E-state index in [0.717, 1.165) is 11.1 Å². The second kappa shape index (κ2) is 13.0. The van der Waals surface area contributed by atoms with Gasteiger partial charge in [0.25, 0.3) is 0 Å². The Hall–Kier alpha value is -4.32. The van der Waals surface area contributed by atoms with Gasteiger partial charge in [-0.15, -0.1) is 0 Å². The molecule has 0 atom stereocenters. The molecule has 2 aromatic heterocycles. The molecule has 0 bridgehead atoms. The van der Waals surface area contributed by atoms with Crippen LogP contribution in [0, 0.1) is 0 Å². The standard InChI is InChI=1S/C27H24ClN5O5S/c28-22-6-10-25(11-7-22)39(36,37)33(18-21-4-2-1-3-5-21)19-24-9-8-23(38-24)17-31-32-27(35)26(34)30-16-20-12-14-29-15-13-20/h1-15,17H,16,18-19H2,(H,30,34)(H,32,35)/b31-17+. The maximum absolute atomic E-state index is 13.4. The van der Waals surface area contributed by atoms with E-state index in [9.17, 15) is 18.0 Å². The predicted molar refractivity (Wildman–Crippen MR) is 145 cm³/mol. The molecule has 0 saturated carbocycles. The van der Waals surface area contributed by atoms with Gasteiger partial charge < -0.3 is 9.73 Å². The van der Waals surface area contributed by atoms with Gasteiger partial charge >= 0.3 is 11.8 Å². The van der Waals surface area contributed by atoms with Crippen molar-refractivity contribution in [2.45, 2.75) is 24.5 Å². The minimum Gasteiger partial charge on any atom is -0.459 e. The van der Waals surface area contributed by atoms with Gasteiger partial charge in [-0.3, -0.25) is 14.6 Å². The third kappa shape index (κ3) is 7.84. The van der Waals surface area contributed by atoms with E-state index in [2.05, 4.69) is 20.8 Å². The zero-order valence-electron chi connectivity index (χ0n) is 20.5. The summed E-state index contributed by atoms with van der Waals surface area (Å²) in [7, 11) is -3.89. The fraction of sp³-hybridized carbons (Fsp3) is 0.111. The van der Waals surface area contributed by atoms with E-state index in [-0.39, 0.29) is 30.3 Å². The molecule has 0 spiro atoms. The van der Waals surface area contributed by atoms with Crippen molar-refractivity contribution in [1.29, 1.82) is 0 Å². The summed E-state index contributed by atoms with van der Waals surface area (Å²) >= 11 is 5.94. The number of furan rings is 1. The van der Waals surface area contributed by atoms with Gasteiger partial charge in [-0.2, -0.15) is 9.41 Å². The molecule has 0 aliphatic heterocycles. The third-order valence-corrected chi connectivity index (χ3v) is 7.49. The summed E-state index contributed by atoms with van der Waals surface area (Å²) < 4.78 is 33.9. The first-order valence-electron chi connectivity index (χ1n) is 11.7. The SMILES string of the molecule is O=C(NCc1ccncc1)C(=O)N/N=C/c1ccc(CN(Cc2ccccc2)S(=O)(=O)c2ccc(Cl)cc2)o1. The van der Waals surface area contributed by atoms with Crippen molar-refractivity contribution < 1.29 is 22.4 Å². The zero-order chi connectivity index (χ0) is 27.7. The summed E-state index contributed by atoms with van der Waals surface area (Å²) in [5.41, 5.74) is 3.72. The molecule has 2 aromatic carbocycles. The lowest BCUT2D eigenvalue weighted by Crippen LogP contribution is -2.37. The maximum Gasteiger partial charge on any atom is 0.329 e. The lowest BCUT2D eigenvalue weighted by molar-refractivity contribution is -0.139. The number of sulfonamides is 1. The van der Waals surface area contributed by atoms with Crippen LogP contribution in [-0.2, 0) is 39.2 Å². The van der Waals surface area contributed by atoms with Gasteiger partial charge in [0, 0.05) is 30.5 Å². The Morgan fingerprint density at radius 3 is 2.33 bits per heavy atom. The van der Waals surface area contributed by atoms with E-state index in [0.29, 0.717) is 10.8 Å². The highest BCUT2D eigenvalue weighted by Gasteiger charge is 2.26. The van der Waals surface area contributed by atoms with E-state index in [1.165, 1.54) is 34.8 Å². The van der Waals surface area contributed by atoms with Crippen LogP contribution >= 0.6 is 11.6 Å². The number of nitrogens with zero attached hydrogens (tertiary/aromatic N) is 3. The molecule has 0 radical (unpaired) electrons. The Labute approximate surface area is 230 Å².